The highest BCUT2D eigenvalue weighted by Crippen LogP contribution is 2.44. The van der Waals surface area contributed by atoms with Crippen molar-refractivity contribution in [3.63, 3.8) is 0 Å². The topological polar surface area (TPSA) is 15.3 Å². The molecule has 4 heteroatoms. The zero-order valence-corrected chi connectivity index (χ0v) is 13.3. The number of likely N-dealkylation sites (N-methyl/N-ethyl adjacent to an activating group) is 2. The Hall–Kier alpha value is -1.00. The standard InChI is InChI=1S/C17H26F2N2/c1-4-21(5-2)17(10-6-7-11-17)16(20-3)14-9-8-13(18)12-15(14)19/h8-9,12,16,20H,4-7,10-11H2,1-3H3. The minimum Gasteiger partial charge on any atom is -0.311 e. The summed E-state index contributed by atoms with van der Waals surface area (Å²) < 4.78 is 27.5. The summed E-state index contributed by atoms with van der Waals surface area (Å²) in [5.41, 5.74) is 0.504. The molecule has 0 aromatic heterocycles. The Labute approximate surface area is 126 Å². The fraction of sp³-hybridized carbons (Fsp3) is 0.647. The van der Waals surface area contributed by atoms with E-state index in [9.17, 15) is 8.78 Å². The molecule has 0 spiro atoms. The molecular weight excluding hydrogens is 270 g/mol. The molecule has 2 nitrogen and oxygen atoms in total. The summed E-state index contributed by atoms with van der Waals surface area (Å²) in [5, 5.41) is 3.31. The van der Waals surface area contributed by atoms with Crippen LogP contribution in [0.5, 0.6) is 0 Å². The lowest BCUT2D eigenvalue weighted by Gasteiger charge is -2.46. The van der Waals surface area contributed by atoms with E-state index in [0.717, 1.165) is 44.8 Å². The van der Waals surface area contributed by atoms with E-state index in [4.69, 9.17) is 0 Å². The molecule has 0 heterocycles. The molecule has 2 rings (SSSR count). The molecule has 118 valence electrons. The van der Waals surface area contributed by atoms with Gasteiger partial charge in [0, 0.05) is 17.2 Å². The van der Waals surface area contributed by atoms with Crippen molar-refractivity contribution in [3.05, 3.63) is 35.4 Å². The molecule has 0 aliphatic heterocycles. The van der Waals surface area contributed by atoms with Gasteiger partial charge in [-0.3, -0.25) is 4.90 Å². The predicted molar refractivity (Wildman–Crippen MR) is 82.3 cm³/mol. The Morgan fingerprint density at radius 2 is 1.81 bits per heavy atom. The van der Waals surface area contributed by atoms with Crippen LogP contribution in [0, 0.1) is 11.6 Å². The summed E-state index contributed by atoms with van der Waals surface area (Å²) in [5.74, 6) is -0.970. The molecule has 1 aliphatic rings. The fourth-order valence-electron chi connectivity index (χ4n) is 4.08. The van der Waals surface area contributed by atoms with E-state index in [1.807, 2.05) is 7.05 Å². The first-order chi connectivity index (χ1) is 10.1. The quantitative estimate of drug-likeness (QED) is 0.857. The molecule has 1 aromatic carbocycles. The number of nitrogens with one attached hydrogen (secondary N) is 1. The maximum absolute atomic E-state index is 14.3. The van der Waals surface area contributed by atoms with Gasteiger partial charge in [-0.1, -0.05) is 32.8 Å². The molecule has 1 N–H and O–H groups in total. The first-order valence-electron chi connectivity index (χ1n) is 7.96. The molecule has 1 aliphatic carbocycles. The molecule has 1 fully saturated rings. The minimum atomic E-state index is -0.519. The van der Waals surface area contributed by atoms with Gasteiger partial charge < -0.3 is 5.32 Å². The maximum Gasteiger partial charge on any atom is 0.130 e. The highest BCUT2D eigenvalue weighted by molar-refractivity contribution is 5.27. The Bertz CT molecular complexity index is 466. The van der Waals surface area contributed by atoms with Crippen LogP contribution in [0.2, 0.25) is 0 Å². The molecule has 0 saturated heterocycles. The van der Waals surface area contributed by atoms with E-state index in [-0.39, 0.29) is 11.6 Å². The molecule has 1 saturated carbocycles. The van der Waals surface area contributed by atoms with Crippen LogP contribution in [0.1, 0.15) is 51.1 Å². The van der Waals surface area contributed by atoms with Crippen LogP contribution in [-0.2, 0) is 0 Å². The molecular formula is C17H26F2N2. The molecule has 1 aromatic rings. The number of hydrogen-bond acceptors (Lipinski definition) is 2. The van der Waals surface area contributed by atoms with Gasteiger partial charge in [0.2, 0.25) is 0 Å². The summed E-state index contributed by atoms with van der Waals surface area (Å²) in [4.78, 5) is 2.43. The van der Waals surface area contributed by atoms with Gasteiger partial charge in [-0.25, -0.2) is 8.78 Å². The average Bonchev–Trinajstić information content (AvgIpc) is 2.94. The lowest BCUT2D eigenvalue weighted by Crippen LogP contribution is -2.54. The first kappa shape index (κ1) is 16.4. The van der Waals surface area contributed by atoms with Crippen LogP contribution < -0.4 is 5.32 Å². The van der Waals surface area contributed by atoms with Gasteiger partial charge in [0.15, 0.2) is 0 Å². The van der Waals surface area contributed by atoms with Gasteiger partial charge in [0.1, 0.15) is 11.6 Å². The minimum absolute atomic E-state index is 0.0725. The van der Waals surface area contributed by atoms with E-state index < -0.39 is 11.6 Å². The highest BCUT2D eigenvalue weighted by atomic mass is 19.1. The summed E-state index contributed by atoms with van der Waals surface area (Å²) in [6.07, 6.45) is 4.43. The zero-order chi connectivity index (χ0) is 15.5. The number of rotatable bonds is 6. The normalized spacial score (nSPS) is 19.1. The van der Waals surface area contributed by atoms with E-state index in [2.05, 4.69) is 24.1 Å². The average molecular weight is 296 g/mol. The summed E-state index contributed by atoms with van der Waals surface area (Å²) >= 11 is 0. The zero-order valence-electron chi connectivity index (χ0n) is 13.3. The second kappa shape index (κ2) is 6.84. The van der Waals surface area contributed by atoms with Crippen molar-refractivity contribution in [1.29, 1.82) is 0 Å². The van der Waals surface area contributed by atoms with Gasteiger partial charge in [-0.2, -0.15) is 0 Å². The number of hydrogen-bond donors (Lipinski definition) is 1. The second-order valence-electron chi connectivity index (χ2n) is 5.87. The molecule has 0 bridgehead atoms. The lowest BCUT2D eigenvalue weighted by molar-refractivity contribution is 0.0642. The van der Waals surface area contributed by atoms with Crippen molar-refractivity contribution in [3.8, 4) is 0 Å². The van der Waals surface area contributed by atoms with Crippen LogP contribution in [0.3, 0.4) is 0 Å². The van der Waals surface area contributed by atoms with Gasteiger partial charge in [0.05, 0.1) is 6.04 Å². The van der Waals surface area contributed by atoms with Crippen LogP contribution in [0.4, 0.5) is 8.78 Å². The van der Waals surface area contributed by atoms with Crippen LogP contribution >= 0.6 is 0 Å². The van der Waals surface area contributed by atoms with E-state index in [1.54, 1.807) is 6.07 Å². The van der Waals surface area contributed by atoms with Crippen molar-refractivity contribution < 1.29 is 8.78 Å². The van der Waals surface area contributed by atoms with Crippen molar-refractivity contribution >= 4 is 0 Å². The lowest BCUT2D eigenvalue weighted by atomic mass is 9.81. The van der Waals surface area contributed by atoms with E-state index in [1.165, 1.54) is 6.07 Å². The third kappa shape index (κ3) is 2.97. The molecule has 0 radical (unpaired) electrons. The Morgan fingerprint density at radius 1 is 1.19 bits per heavy atom. The summed E-state index contributed by atoms with van der Waals surface area (Å²) in [6, 6.07) is 3.83. The Balaban J connectivity index is 2.45. The maximum atomic E-state index is 14.3. The second-order valence-corrected chi connectivity index (χ2v) is 5.87. The number of benzene rings is 1. The van der Waals surface area contributed by atoms with Crippen molar-refractivity contribution in [2.24, 2.45) is 0 Å². The van der Waals surface area contributed by atoms with Crippen molar-refractivity contribution in [2.75, 3.05) is 20.1 Å². The summed E-state index contributed by atoms with van der Waals surface area (Å²) in [7, 11) is 1.87. The first-order valence-corrected chi connectivity index (χ1v) is 7.96. The van der Waals surface area contributed by atoms with Crippen molar-refractivity contribution in [1.82, 2.24) is 10.2 Å². The van der Waals surface area contributed by atoms with Crippen LogP contribution in [0.25, 0.3) is 0 Å². The van der Waals surface area contributed by atoms with Crippen LogP contribution in [-0.4, -0.2) is 30.6 Å². The van der Waals surface area contributed by atoms with Gasteiger partial charge in [-0.15, -0.1) is 0 Å². The van der Waals surface area contributed by atoms with Gasteiger partial charge in [-0.05, 0) is 39.0 Å². The van der Waals surface area contributed by atoms with Gasteiger partial charge in [0.25, 0.3) is 0 Å². The summed E-state index contributed by atoms with van der Waals surface area (Å²) in [6.45, 7) is 6.18. The molecule has 0 amide bonds. The molecule has 1 atom stereocenters. The van der Waals surface area contributed by atoms with Crippen molar-refractivity contribution in [2.45, 2.75) is 51.1 Å². The van der Waals surface area contributed by atoms with E-state index >= 15 is 0 Å². The molecule has 21 heavy (non-hydrogen) atoms. The van der Waals surface area contributed by atoms with Gasteiger partial charge >= 0.3 is 0 Å². The Morgan fingerprint density at radius 3 is 2.29 bits per heavy atom. The largest absolute Gasteiger partial charge is 0.311 e. The number of halogens is 2. The number of nitrogens with zero attached hydrogens (tertiary/aromatic N) is 1. The van der Waals surface area contributed by atoms with Crippen LogP contribution in [0.15, 0.2) is 18.2 Å². The van der Waals surface area contributed by atoms with E-state index in [0.29, 0.717) is 5.56 Å². The predicted octanol–water partition coefficient (Wildman–Crippen LogP) is 3.88. The highest BCUT2D eigenvalue weighted by Gasteiger charge is 2.45. The Kier molecular flexibility index (Phi) is 5.33. The fourth-order valence-corrected chi connectivity index (χ4v) is 4.08. The molecule has 1 unspecified atom stereocenters. The third-order valence-corrected chi connectivity index (χ3v) is 4.96. The third-order valence-electron chi connectivity index (χ3n) is 4.96. The smallest absolute Gasteiger partial charge is 0.130 e. The SMILES string of the molecule is CCN(CC)C1(C(NC)c2ccc(F)cc2F)CCCC1. The monoisotopic (exact) mass is 296 g/mol.